The lowest BCUT2D eigenvalue weighted by Gasteiger charge is -2.31. The second-order valence-corrected chi connectivity index (χ2v) is 6.83. The predicted octanol–water partition coefficient (Wildman–Crippen LogP) is 3.84. The minimum Gasteiger partial charge on any atom is -0.313 e. The highest BCUT2D eigenvalue weighted by atomic mass is 19.1. The summed E-state index contributed by atoms with van der Waals surface area (Å²) in [7, 11) is 0. The zero-order chi connectivity index (χ0) is 13.5. The lowest BCUT2D eigenvalue weighted by atomic mass is 9.78. The van der Waals surface area contributed by atoms with Gasteiger partial charge in [-0.2, -0.15) is 0 Å². The predicted molar refractivity (Wildman–Crippen MR) is 76.7 cm³/mol. The maximum absolute atomic E-state index is 13.4. The molecule has 2 fully saturated rings. The Morgan fingerprint density at radius 2 is 2.00 bits per heavy atom. The van der Waals surface area contributed by atoms with E-state index >= 15 is 0 Å². The van der Waals surface area contributed by atoms with Gasteiger partial charge in [-0.1, -0.05) is 13.0 Å². The minimum absolute atomic E-state index is 0.103. The van der Waals surface area contributed by atoms with Gasteiger partial charge in [0.25, 0.3) is 0 Å². The summed E-state index contributed by atoms with van der Waals surface area (Å²) in [6, 6.07) is 5.96. The van der Waals surface area contributed by atoms with Crippen LogP contribution < -0.4 is 5.32 Å². The van der Waals surface area contributed by atoms with Crippen molar-refractivity contribution in [3.63, 3.8) is 0 Å². The topological polar surface area (TPSA) is 12.0 Å². The normalized spacial score (nSPS) is 22.3. The van der Waals surface area contributed by atoms with Crippen molar-refractivity contribution in [1.82, 2.24) is 5.32 Å². The molecule has 1 nitrogen and oxygen atoms in total. The molecule has 1 aromatic rings. The smallest absolute Gasteiger partial charge is 0.123 e. The van der Waals surface area contributed by atoms with E-state index in [0.29, 0.717) is 5.41 Å². The maximum atomic E-state index is 13.4. The molecule has 0 aromatic heterocycles. The average molecular weight is 261 g/mol. The molecule has 0 radical (unpaired) electrons. The van der Waals surface area contributed by atoms with Gasteiger partial charge in [-0.25, -0.2) is 4.39 Å². The van der Waals surface area contributed by atoms with Crippen LogP contribution in [0.15, 0.2) is 18.2 Å². The zero-order valence-electron chi connectivity index (χ0n) is 12.0. The Morgan fingerprint density at radius 3 is 2.63 bits per heavy atom. The lowest BCUT2D eigenvalue weighted by molar-refractivity contribution is 0.254. The van der Waals surface area contributed by atoms with E-state index in [1.165, 1.54) is 36.8 Å². The van der Waals surface area contributed by atoms with Crippen LogP contribution in [0.25, 0.3) is 0 Å². The first-order valence-electron chi connectivity index (χ1n) is 7.55. The number of halogens is 1. The summed E-state index contributed by atoms with van der Waals surface area (Å²) in [5.74, 6) is 0.718. The monoisotopic (exact) mass is 261 g/mol. The average Bonchev–Trinajstić information content (AvgIpc) is 3.24. The van der Waals surface area contributed by atoms with Crippen LogP contribution in [0.5, 0.6) is 0 Å². The van der Waals surface area contributed by atoms with Crippen LogP contribution in [0.2, 0.25) is 0 Å². The lowest BCUT2D eigenvalue weighted by Crippen LogP contribution is -2.36. The molecule has 2 aliphatic rings. The second kappa shape index (κ2) is 4.90. The van der Waals surface area contributed by atoms with Gasteiger partial charge in [0.1, 0.15) is 5.82 Å². The van der Waals surface area contributed by atoms with E-state index in [1.807, 2.05) is 6.07 Å². The molecule has 104 valence electrons. The fourth-order valence-corrected chi connectivity index (χ4v) is 3.06. The first-order valence-corrected chi connectivity index (χ1v) is 7.55. The van der Waals surface area contributed by atoms with Gasteiger partial charge in [0.05, 0.1) is 0 Å². The summed E-state index contributed by atoms with van der Waals surface area (Å²) in [6.07, 6.45) is 6.36. The Labute approximate surface area is 115 Å². The summed E-state index contributed by atoms with van der Waals surface area (Å²) in [6.45, 7) is 5.55. The number of aryl methyl sites for hydroxylation is 1. The molecule has 2 saturated carbocycles. The summed E-state index contributed by atoms with van der Waals surface area (Å²) in [5, 5.41) is 3.68. The van der Waals surface area contributed by atoms with E-state index in [4.69, 9.17) is 0 Å². The molecule has 0 bridgehead atoms. The van der Waals surface area contributed by atoms with Gasteiger partial charge >= 0.3 is 0 Å². The van der Waals surface area contributed by atoms with Gasteiger partial charge in [0.15, 0.2) is 0 Å². The Balaban J connectivity index is 1.73. The first-order chi connectivity index (χ1) is 9.07. The summed E-state index contributed by atoms with van der Waals surface area (Å²) in [4.78, 5) is 0. The highest BCUT2D eigenvalue weighted by molar-refractivity contribution is 5.28. The van der Waals surface area contributed by atoms with Crippen molar-refractivity contribution < 1.29 is 4.39 Å². The van der Waals surface area contributed by atoms with E-state index in [-0.39, 0.29) is 5.82 Å². The summed E-state index contributed by atoms with van der Waals surface area (Å²) >= 11 is 0. The van der Waals surface area contributed by atoms with Gasteiger partial charge in [-0.3, -0.25) is 0 Å². The standard InChI is InChI=1S/C17H24FN/c1-12-3-6-15(18)9-13(12)10-17(2,14-4-5-14)11-19-16-7-8-16/h3,6,9,14,16,19H,4-5,7-8,10-11H2,1-2H3. The number of nitrogens with one attached hydrogen (secondary N) is 1. The second-order valence-electron chi connectivity index (χ2n) is 6.83. The number of benzene rings is 1. The zero-order valence-corrected chi connectivity index (χ0v) is 12.0. The van der Waals surface area contributed by atoms with Gasteiger partial charge in [0, 0.05) is 12.6 Å². The van der Waals surface area contributed by atoms with Crippen molar-refractivity contribution in [1.29, 1.82) is 0 Å². The third kappa shape index (κ3) is 3.17. The molecule has 1 unspecified atom stereocenters. The largest absolute Gasteiger partial charge is 0.313 e. The molecule has 19 heavy (non-hydrogen) atoms. The highest BCUT2D eigenvalue weighted by Gasteiger charge is 2.42. The molecular formula is C17H24FN. The van der Waals surface area contributed by atoms with Crippen LogP contribution in [0.1, 0.15) is 43.7 Å². The van der Waals surface area contributed by atoms with Crippen molar-refractivity contribution in [3.8, 4) is 0 Å². The van der Waals surface area contributed by atoms with Crippen LogP contribution in [0, 0.1) is 24.1 Å². The first kappa shape index (κ1) is 13.1. The molecule has 2 heteroatoms. The Morgan fingerprint density at radius 1 is 1.26 bits per heavy atom. The van der Waals surface area contributed by atoms with Crippen LogP contribution in [-0.4, -0.2) is 12.6 Å². The van der Waals surface area contributed by atoms with Crippen molar-refractivity contribution in [2.24, 2.45) is 11.3 Å². The van der Waals surface area contributed by atoms with Gasteiger partial charge in [-0.15, -0.1) is 0 Å². The van der Waals surface area contributed by atoms with Crippen molar-refractivity contribution in [2.45, 2.75) is 52.0 Å². The molecule has 0 aliphatic heterocycles. The van der Waals surface area contributed by atoms with Crippen LogP contribution in [0.3, 0.4) is 0 Å². The number of hydrogen-bond donors (Lipinski definition) is 1. The Bertz CT molecular complexity index is 462. The molecule has 0 saturated heterocycles. The number of rotatable bonds is 6. The van der Waals surface area contributed by atoms with Crippen molar-refractivity contribution >= 4 is 0 Å². The Kier molecular flexibility index (Phi) is 3.38. The van der Waals surface area contributed by atoms with E-state index < -0.39 is 0 Å². The highest BCUT2D eigenvalue weighted by Crippen LogP contribution is 2.47. The molecule has 1 atom stereocenters. The molecular weight excluding hydrogens is 237 g/mol. The number of hydrogen-bond acceptors (Lipinski definition) is 1. The van der Waals surface area contributed by atoms with Crippen molar-refractivity contribution in [2.75, 3.05) is 6.54 Å². The van der Waals surface area contributed by atoms with Crippen molar-refractivity contribution in [3.05, 3.63) is 35.1 Å². The fourth-order valence-electron chi connectivity index (χ4n) is 3.06. The summed E-state index contributed by atoms with van der Waals surface area (Å²) < 4.78 is 13.4. The quantitative estimate of drug-likeness (QED) is 0.820. The van der Waals surface area contributed by atoms with Crippen LogP contribution >= 0.6 is 0 Å². The van der Waals surface area contributed by atoms with E-state index in [9.17, 15) is 4.39 Å². The summed E-state index contributed by atoms with van der Waals surface area (Å²) in [5.41, 5.74) is 2.70. The Hall–Kier alpha value is -0.890. The van der Waals surface area contributed by atoms with E-state index in [0.717, 1.165) is 24.9 Å². The SMILES string of the molecule is Cc1ccc(F)cc1CC(C)(CNC1CC1)C1CC1. The van der Waals surface area contributed by atoms with Crippen LogP contribution in [0.4, 0.5) is 4.39 Å². The maximum Gasteiger partial charge on any atom is 0.123 e. The molecule has 0 amide bonds. The van der Waals surface area contributed by atoms with Gasteiger partial charge < -0.3 is 5.32 Å². The molecule has 1 N–H and O–H groups in total. The third-order valence-electron chi connectivity index (χ3n) is 4.84. The molecule has 3 rings (SSSR count). The van der Waals surface area contributed by atoms with E-state index in [2.05, 4.69) is 19.2 Å². The minimum atomic E-state index is -0.103. The molecule has 1 aromatic carbocycles. The van der Waals surface area contributed by atoms with Gasteiger partial charge in [-0.05, 0) is 73.6 Å². The molecule has 0 heterocycles. The van der Waals surface area contributed by atoms with Crippen LogP contribution in [-0.2, 0) is 6.42 Å². The molecule has 2 aliphatic carbocycles. The van der Waals surface area contributed by atoms with E-state index in [1.54, 1.807) is 12.1 Å². The molecule has 0 spiro atoms. The third-order valence-corrected chi connectivity index (χ3v) is 4.84. The van der Waals surface area contributed by atoms with Gasteiger partial charge in [0.2, 0.25) is 0 Å². The fraction of sp³-hybridized carbons (Fsp3) is 0.647.